The minimum atomic E-state index is 0.911. The van der Waals surface area contributed by atoms with Crippen molar-refractivity contribution in [2.45, 2.75) is 0 Å². The first kappa shape index (κ1) is 8.84. The second-order valence-electron chi connectivity index (χ2n) is 2.50. The number of amidine groups is 1. The first-order valence-corrected chi connectivity index (χ1v) is 5.96. The van der Waals surface area contributed by atoms with E-state index in [9.17, 15) is 0 Å². The van der Waals surface area contributed by atoms with Crippen LogP contribution in [-0.2, 0) is 0 Å². The molecule has 67 valence electrons. The monoisotopic (exact) mass is 209 g/mol. The highest BCUT2D eigenvalue weighted by atomic mass is 32.2. The average molecular weight is 209 g/mol. The van der Waals surface area contributed by atoms with Crippen LogP contribution in [0.5, 0.6) is 0 Å². The number of aliphatic imine (C=N–C) groups is 1. The summed E-state index contributed by atoms with van der Waals surface area (Å²) in [5, 5.41) is 5.34. The molecule has 1 aliphatic heterocycles. The third-order valence-corrected chi connectivity index (χ3v) is 3.23. The normalized spacial score (nSPS) is 16.1. The molecule has 0 aromatic carbocycles. The highest BCUT2D eigenvalue weighted by Crippen LogP contribution is 2.25. The van der Waals surface area contributed by atoms with Crippen LogP contribution in [0.1, 0.15) is 0 Å². The van der Waals surface area contributed by atoms with Gasteiger partial charge in [-0.2, -0.15) is 0 Å². The van der Waals surface area contributed by atoms with Crippen LogP contribution in [0.3, 0.4) is 0 Å². The Hall–Kier alpha value is -0.740. The minimum Gasteiger partial charge on any atom is -0.309 e. The van der Waals surface area contributed by atoms with Gasteiger partial charge in [-0.15, -0.1) is 11.3 Å². The summed E-state index contributed by atoms with van der Waals surface area (Å²) in [5.74, 6) is 0. The van der Waals surface area contributed by atoms with E-state index in [4.69, 9.17) is 0 Å². The molecule has 0 saturated heterocycles. The van der Waals surface area contributed by atoms with Crippen molar-refractivity contribution in [3.05, 3.63) is 29.8 Å². The summed E-state index contributed by atoms with van der Waals surface area (Å²) in [5.41, 5.74) is 0. The van der Waals surface area contributed by atoms with Crippen LogP contribution >= 0.6 is 23.1 Å². The largest absolute Gasteiger partial charge is 0.309 e. The molecule has 0 saturated carbocycles. The molecule has 2 rings (SSSR count). The van der Waals surface area contributed by atoms with E-state index >= 15 is 0 Å². The summed E-state index contributed by atoms with van der Waals surface area (Å²) >= 11 is 3.29. The van der Waals surface area contributed by atoms with Gasteiger partial charge in [-0.25, -0.2) is 4.99 Å². The molecule has 1 radical (unpaired) electrons. The van der Waals surface area contributed by atoms with Crippen molar-refractivity contribution in [1.82, 2.24) is 0 Å². The number of anilines is 1. The molecule has 0 atom stereocenters. The van der Waals surface area contributed by atoms with E-state index < -0.39 is 0 Å². The average Bonchev–Trinajstić information content (AvgIpc) is 2.70. The summed E-state index contributed by atoms with van der Waals surface area (Å²) in [7, 11) is 0. The van der Waals surface area contributed by atoms with Crippen molar-refractivity contribution < 1.29 is 0 Å². The van der Waals surface area contributed by atoms with E-state index in [1.807, 2.05) is 18.5 Å². The summed E-state index contributed by atoms with van der Waals surface area (Å²) in [6, 6.07) is 4.01. The molecular weight excluding hydrogens is 200 g/mol. The predicted octanol–water partition coefficient (Wildman–Crippen LogP) is 2.60. The molecule has 1 aromatic heterocycles. The van der Waals surface area contributed by atoms with E-state index in [2.05, 4.69) is 27.4 Å². The van der Waals surface area contributed by atoms with Gasteiger partial charge in [0.2, 0.25) is 0 Å². The molecule has 4 heteroatoms. The summed E-state index contributed by atoms with van der Waals surface area (Å²) in [6.07, 6.45) is 5.96. The molecule has 0 fully saturated rings. The van der Waals surface area contributed by atoms with Crippen molar-refractivity contribution in [3.63, 3.8) is 0 Å². The zero-order valence-electron chi connectivity index (χ0n) is 7.23. The van der Waals surface area contributed by atoms with Crippen molar-refractivity contribution >= 4 is 33.3 Å². The Labute approximate surface area is 86.0 Å². The standard InChI is InChI=1S/C9H9N2S2/c1-12-9-10-5-3-6-11(9)8-4-2-7-13-8/h2-5H,6H2,1H3. The molecule has 0 N–H and O–H groups in total. The van der Waals surface area contributed by atoms with E-state index in [-0.39, 0.29) is 0 Å². The fraction of sp³-hybridized carbons (Fsp3) is 0.222. The maximum absolute atomic E-state index is 4.30. The molecule has 1 aliphatic rings. The Balaban J connectivity index is 2.25. The SMILES string of the molecule is CSC1=NC=CCN1c1cc[c]s1. The van der Waals surface area contributed by atoms with Crippen molar-refractivity contribution in [2.75, 3.05) is 17.7 Å². The zero-order chi connectivity index (χ0) is 9.10. The number of thiophene rings is 1. The first-order chi connectivity index (χ1) is 6.42. The van der Waals surface area contributed by atoms with Crippen molar-refractivity contribution in [2.24, 2.45) is 4.99 Å². The fourth-order valence-electron chi connectivity index (χ4n) is 1.14. The van der Waals surface area contributed by atoms with E-state index in [0.29, 0.717) is 0 Å². The van der Waals surface area contributed by atoms with Gasteiger partial charge in [0.15, 0.2) is 5.17 Å². The number of thioether (sulfide) groups is 1. The molecule has 0 unspecified atom stereocenters. The van der Waals surface area contributed by atoms with E-state index in [1.54, 1.807) is 23.1 Å². The smallest absolute Gasteiger partial charge is 0.168 e. The topological polar surface area (TPSA) is 15.6 Å². The molecular formula is C9H9N2S2. The summed E-state index contributed by atoms with van der Waals surface area (Å²) in [6.45, 7) is 0.911. The van der Waals surface area contributed by atoms with Gasteiger partial charge in [-0.05, 0) is 24.5 Å². The molecule has 2 nitrogen and oxygen atoms in total. The summed E-state index contributed by atoms with van der Waals surface area (Å²) in [4.78, 5) is 6.49. The van der Waals surface area contributed by atoms with Crippen LogP contribution in [0.15, 0.2) is 29.4 Å². The van der Waals surface area contributed by atoms with Gasteiger partial charge in [-0.3, -0.25) is 0 Å². The van der Waals surface area contributed by atoms with Gasteiger partial charge in [0.1, 0.15) is 0 Å². The Bertz CT molecular complexity index is 327. The molecule has 0 amide bonds. The van der Waals surface area contributed by atoms with Gasteiger partial charge < -0.3 is 4.90 Å². The second-order valence-corrected chi connectivity index (χ2v) is 4.13. The first-order valence-electron chi connectivity index (χ1n) is 3.92. The third kappa shape index (κ3) is 1.78. The maximum atomic E-state index is 4.30. The van der Waals surface area contributed by atoms with Gasteiger partial charge in [0.05, 0.1) is 5.00 Å². The van der Waals surface area contributed by atoms with Gasteiger partial charge in [0.25, 0.3) is 0 Å². The van der Waals surface area contributed by atoms with E-state index in [1.165, 1.54) is 5.00 Å². The maximum Gasteiger partial charge on any atom is 0.168 e. The Morgan fingerprint density at radius 1 is 1.69 bits per heavy atom. The van der Waals surface area contributed by atoms with Crippen molar-refractivity contribution in [3.8, 4) is 0 Å². The Kier molecular flexibility index (Phi) is 2.71. The van der Waals surface area contributed by atoms with E-state index in [0.717, 1.165) is 11.7 Å². The van der Waals surface area contributed by atoms with Crippen molar-refractivity contribution in [1.29, 1.82) is 0 Å². The Morgan fingerprint density at radius 3 is 3.31 bits per heavy atom. The van der Waals surface area contributed by atoms with Crippen LogP contribution in [0.4, 0.5) is 5.00 Å². The molecule has 0 aliphatic carbocycles. The lowest BCUT2D eigenvalue weighted by molar-refractivity contribution is 1.14. The zero-order valence-corrected chi connectivity index (χ0v) is 8.86. The van der Waals surface area contributed by atoms with Gasteiger partial charge >= 0.3 is 0 Å². The molecule has 0 bridgehead atoms. The lowest BCUT2D eigenvalue weighted by Crippen LogP contribution is -2.29. The summed E-state index contributed by atoms with van der Waals surface area (Å²) < 4.78 is 0. The Morgan fingerprint density at radius 2 is 2.62 bits per heavy atom. The highest BCUT2D eigenvalue weighted by Gasteiger charge is 2.13. The lowest BCUT2D eigenvalue weighted by atomic mass is 10.5. The number of rotatable bonds is 1. The minimum absolute atomic E-state index is 0.911. The molecule has 1 aromatic rings. The van der Waals surface area contributed by atoms with Crippen LogP contribution in [0.2, 0.25) is 0 Å². The van der Waals surface area contributed by atoms with Crippen LogP contribution in [0, 0.1) is 5.38 Å². The second kappa shape index (κ2) is 3.98. The number of nitrogens with zero attached hydrogens (tertiary/aromatic N) is 2. The molecule has 2 heterocycles. The quantitative estimate of drug-likeness (QED) is 0.706. The van der Waals surface area contributed by atoms with Crippen LogP contribution in [-0.4, -0.2) is 18.0 Å². The highest BCUT2D eigenvalue weighted by molar-refractivity contribution is 8.13. The molecule has 13 heavy (non-hydrogen) atoms. The van der Waals surface area contributed by atoms with Gasteiger partial charge in [0, 0.05) is 18.1 Å². The predicted molar refractivity (Wildman–Crippen MR) is 60.6 cm³/mol. The number of hydrogen-bond acceptors (Lipinski definition) is 4. The lowest BCUT2D eigenvalue weighted by Gasteiger charge is -2.23. The van der Waals surface area contributed by atoms with Crippen LogP contribution in [0.25, 0.3) is 0 Å². The number of hydrogen-bond donors (Lipinski definition) is 0. The van der Waals surface area contributed by atoms with Gasteiger partial charge in [-0.1, -0.05) is 11.8 Å². The third-order valence-electron chi connectivity index (χ3n) is 1.72. The van der Waals surface area contributed by atoms with Crippen LogP contribution < -0.4 is 4.90 Å². The fourth-order valence-corrected chi connectivity index (χ4v) is 2.42. The molecule has 0 spiro atoms.